The Hall–Kier alpha value is -0.610. The minimum atomic E-state index is -0.831. The summed E-state index contributed by atoms with van der Waals surface area (Å²) in [7, 11) is 1.72. The minimum absolute atomic E-state index is 0.293. The van der Waals surface area contributed by atoms with Crippen LogP contribution in [0.5, 0.6) is 0 Å². The van der Waals surface area contributed by atoms with Gasteiger partial charge in [-0.25, -0.2) is 0 Å². The highest BCUT2D eigenvalue weighted by Crippen LogP contribution is 2.27. The average molecular weight is 256 g/mol. The van der Waals surface area contributed by atoms with Gasteiger partial charge in [0.25, 0.3) is 0 Å². The predicted molar refractivity (Wildman–Crippen MR) is 73.7 cm³/mol. The summed E-state index contributed by atoms with van der Waals surface area (Å²) in [5, 5.41) is 12.3. The highest BCUT2D eigenvalue weighted by atomic mass is 16.4. The zero-order chi connectivity index (χ0) is 13.9. The van der Waals surface area contributed by atoms with Gasteiger partial charge in [0, 0.05) is 12.1 Å². The van der Waals surface area contributed by atoms with Gasteiger partial charge in [0.1, 0.15) is 5.54 Å². The summed E-state index contributed by atoms with van der Waals surface area (Å²) in [6, 6.07) is 0.847. The molecule has 1 aliphatic heterocycles. The number of nitrogens with zero attached hydrogens (tertiary/aromatic N) is 1. The van der Waals surface area contributed by atoms with Crippen LogP contribution in [0.3, 0.4) is 0 Å². The smallest absolute Gasteiger partial charge is 0.323 e. The molecular weight excluding hydrogens is 228 g/mol. The van der Waals surface area contributed by atoms with Crippen LogP contribution >= 0.6 is 0 Å². The molecule has 1 fully saturated rings. The SMILES string of the molecule is CNC(C)(CC(C)N1CCC(C)CC1C)C(=O)O. The van der Waals surface area contributed by atoms with E-state index in [1.165, 1.54) is 12.8 Å². The van der Waals surface area contributed by atoms with Crippen LogP contribution in [-0.2, 0) is 4.79 Å². The number of piperidine rings is 1. The summed E-state index contributed by atoms with van der Waals surface area (Å²) >= 11 is 0. The van der Waals surface area contributed by atoms with E-state index < -0.39 is 11.5 Å². The summed E-state index contributed by atoms with van der Waals surface area (Å²) < 4.78 is 0. The first-order chi connectivity index (χ1) is 8.30. The molecule has 1 saturated heterocycles. The molecule has 2 N–H and O–H groups in total. The highest BCUT2D eigenvalue weighted by molar-refractivity contribution is 5.78. The molecule has 18 heavy (non-hydrogen) atoms. The summed E-state index contributed by atoms with van der Waals surface area (Å²) in [5.41, 5.74) is -0.831. The van der Waals surface area contributed by atoms with Gasteiger partial charge in [0.2, 0.25) is 0 Å². The molecule has 0 aromatic rings. The second-order valence-corrected chi connectivity index (χ2v) is 6.16. The number of likely N-dealkylation sites (tertiary alicyclic amines) is 1. The lowest BCUT2D eigenvalue weighted by Gasteiger charge is -2.42. The monoisotopic (exact) mass is 256 g/mol. The van der Waals surface area contributed by atoms with E-state index in [1.54, 1.807) is 14.0 Å². The molecule has 0 aliphatic carbocycles. The van der Waals surface area contributed by atoms with E-state index in [-0.39, 0.29) is 0 Å². The van der Waals surface area contributed by atoms with Gasteiger partial charge in [-0.2, -0.15) is 0 Å². The minimum Gasteiger partial charge on any atom is -0.480 e. The fourth-order valence-corrected chi connectivity index (χ4v) is 3.08. The van der Waals surface area contributed by atoms with Crippen molar-refractivity contribution in [1.29, 1.82) is 0 Å². The van der Waals surface area contributed by atoms with E-state index in [9.17, 15) is 9.90 Å². The molecule has 0 saturated carbocycles. The van der Waals surface area contributed by atoms with E-state index in [2.05, 4.69) is 31.0 Å². The van der Waals surface area contributed by atoms with Gasteiger partial charge >= 0.3 is 5.97 Å². The van der Waals surface area contributed by atoms with Crippen molar-refractivity contribution in [3.63, 3.8) is 0 Å². The Labute approximate surface area is 111 Å². The molecule has 0 bridgehead atoms. The number of rotatable bonds is 5. The van der Waals surface area contributed by atoms with Gasteiger partial charge in [-0.05, 0) is 59.5 Å². The van der Waals surface area contributed by atoms with Gasteiger partial charge in [0.05, 0.1) is 0 Å². The van der Waals surface area contributed by atoms with Crippen LogP contribution in [-0.4, -0.2) is 47.2 Å². The maximum atomic E-state index is 11.3. The molecule has 0 radical (unpaired) electrons. The van der Waals surface area contributed by atoms with Crippen molar-refractivity contribution in [2.45, 2.75) is 64.6 Å². The normalized spacial score (nSPS) is 30.7. The number of hydrogen-bond acceptors (Lipinski definition) is 3. The van der Waals surface area contributed by atoms with Crippen molar-refractivity contribution in [2.24, 2.45) is 5.92 Å². The molecule has 4 heteroatoms. The summed E-state index contributed by atoms with van der Waals surface area (Å²) in [4.78, 5) is 13.8. The Kier molecular flexibility index (Phi) is 5.17. The van der Waals surface area contributed by atoms with E-state index >= 15 is 0 Å². The molecule has 4 nitrogen and oxygen atoms in total. The number of aliphatic carboxylic acids is 1. The third kappa shape index (κ3) is 3.45. The quantitative estimate of drug-likeness (QED) is 0.789. The van der Waals surface area contributed by atoms with Crippen LogP contribution in [0.2, 0.25) is 0 Å². The summed E-state index contributed by atoms with van der Waals surface area (Å²) in [6.07, 6.45) is 3.07. The largest absolute Gasteiger partial charge is 0.480 e. The van der Waals surface area contributed by atoms with Crippen LogP contribution < -0.4 is 5.32 Å². The van der Waals surface area contributed by atoms with Crippen LogP contribution in [0, 0.1) is 5.92 Å². The first kappa shape index (κ1) is 15.4. The van der Waals surface area contributed by atoms with Crippen LogP contribution in [0.4, 0.5) is 0 Å². The molecule has 0 aromatic carbocycles. The maximum absolute atomic E-state index is 11.3. The van der Waals surface area contributed by atoms with Crippen LogP contribution in [0.1, 0.15) is 47.0 Å². The molecular formula is C14H28N2O2. The lowest BCUT2D eigenvalue weighted by molar-refractivity contribution is -0.145. The zero-order valence-electron chi connectivity index (χ0n) is 12.4. The Bertz CT molecular complexity index is 296. The second-order valence-electron chi connectivity index (χ2n) is 6.16. The zero-order valence-corrected chi connectivity index (χ0v) is 12.4. The van der Waals surface area contributed by atoms with Gasteiger partial charge < -0.3 is 10.4 Å². The van der Waals surface area contributed by atoms with Gasteiger partial charge in [-0.15, -0.1) is 0 Å². The van der Waals surface area contributed by atoms with Crippen LogP contribution in [0.25, 0.3) is 0 Å². The Balaban J connectivity index is 2.64. The van der Waals surface area contributed by atoms with E-state index in [4.69, 9.17) is 0 Å². The molecule has 4 atom stereocenters. The second kappa shape index (κ2) is 6.02. The molecule has 4 unspecified atom stereocenters. The first-order valence-electron chi connectivity index (χ1n) is 6.98. The summed E-state index contributed by atoms with van der Waals surface area (Å²) in [5.74, 6) is 0.0217. The van der Waals surface area contributed by atoms with Crippen molar-refractivity contribution in [2.75, 3.05) is 13.6 Å². The van der Waals surface area contributed by atoms with E-state index in [0.717, 1.165) is 12.5 Å². The Morgan fingerprint density at radius 2 is 2.17 bits per heavy atom. The van der Waals surface area contributed by atoms with Gasteiger partial charge in [0.15, 0.2) is 0 Å². The Morgan fingerprint density at radius 3 is 2.61 bits per heavy atom. The summed E-state index contributed by atoms with van der Waals surface area (Å²) in [6.45, 7) is 9.55. The topological polar surface area (TPSA) is 52.6 Å². The van der Waals surface area contributed by atoms with Gasteiger partial charge in [-0.3, -0.25) is 9.69 Å². The fourth-order valence-electron chi connectivity index (χ4n) is 3.08. The van der Waals surface area contributed by atoms with E-state index in [1.807, 2.05) is 0 Å². The number of hydrogen-bond donors (Lipinski definition) is 2. The third-order valence-electron chi connectivity index (χ3n) is 4.48. The van der Waals surface area contributed by atoms with Crippen molar-refractivity contribution in [1.82, 2.24) is 10.2 Å². The fraction of sp³-hybridized carbons (Fsp3) is 0.929. The van der Waals surface area contributed by atoms with Crippen molar-refractivity contribution in [3.05, 3.63) is 0 Å². The van der Waals surface area contributed by atoms with Crippen molar-refractivity contribution in [3.8, 4) is 0 Å². The number of carbonyl (C=O) groups is 1. The van der Waals surface area contributed by atoms with Crippen molar-refractivity contribution >= 4 is 5.97 Å². The third-order valence-corrected chi connectivity index (χ3v) is 4.48. The number of carboxylic acid groups (broad SMARTS) is 1. The first-order valence-corrected chi connectivity index (χ1v) is 6.98. The number of nitrogens with one attached hydrogen (secondary N) is 1. The standard InChI is InChI=1S/C14H28N2O2/c1-10-6-7-16(11(2)8-10)12(3)9-14(4,15-5)13(17)18/h10-12,15H,6-9H2,1-5H3,(H,17,18). The molecule has 1 rings (SSSR count). The predicted octanol–water partition coefficient (Wildman–Crippen LogP) is 1.95. The maximum Gasteiger partial charge on any atom is 0.323 e. The van der Waals surface area contributed by atoms with Crippen molar-refractivity contribution < 1.29 is 9.90 Å². The highest BCUT2D eigenvalue weighted by Gasteiger charge is 2.36. The molecule has 0 aromatic heterocycles. The molecule has 0 spiro atoms. The number of likely N-dealkylation sites (N-methyl/N-ethyl adjacent to an activating group) is 1. The molecule has 0 amide bonds. The molecule has 1 aliphatic rings. The van der Waals surface area contributed by atoms with E-state index in [0.29, 0.717) is 18.5 Å². The van der Waals surface area contributed by atoms with Gasteiger partial charge in [-0.1, -0.05) is 6.92 Å². The Morgan fingerprint density at radius 1 is 1.56 bits per heavy atom. The molecule has 106 valence electrons. The average Bonchev–Trinajstić information content (AvgIpc) is 2.28. The lowest BCUT2D eigenvalue weighted by Crippen LogP contribution is -2.54. The molecule has 1 heterocycles. The lowest BCUT2D eigenvalue weighted by atomic mass is 9.88. The van der Waals surface area contributed by atoms with Crippen LogP contribution in [0.15, 0.2) is 0 Å². The number of carboxylic acids is 1.